The maximum atomic E-state index is 15.1. The summed E-state index contributed by atoms with van der Waals surface area (Å²) in [6.45, 7) is 6.67. The number of amides is 2. The number of nitrogens with zero attached hydrogens (tertiary/aromatic N) is 1. The first kappa shape index (κ1) is 23.5. The van der Waals surface area contributed by atoms with Crippen LogP contribution in [0, 0.1) is 5.82 Å². The van der Waals surface area contributed by atoms with Crippen molar-refractivity contribution in [1.29, 1.82) is 0 Å². The molecule has 2 aliphatic heterocycles. The van der Waals surface area contributed by atoms with Crippen molar-refractivity contribution in [2.45, 2.75) is 42.9 Å². The molecule has 5 rings (SSSR count). The van der Waals surface area contributed by atoms with Gasteiger partial charge in [0.15, 0.2) is 0 Å². The number of anilines is 1. The zero-order chi connectivity index (χ0) is 22.6. The van der Waals surface area contributed by atoms with Crippen LogP contribution >= 0.6 is 25.3 Å². The van der Waals surface area contributed by atoms with E-state index >= 15 is 4.39 Å². The van der Waals surface area contributed by atoms with Gasteiger partial charge in [-0.1, -0.05) is 0 Å². The van der Waals surface area contributed by atoms with Crippen molar-refractivity contribution in [2.75, 3.05) is 18.4 Å². The van der Waals surface area contributed by atoms with Crippen molar-refractivity contribution >= 4 is 53.7 Å². The molecule has 33 heavy (non-hydrogen) atoms. The minimum absolute atomic E-state index is 0. The van der Waals surface area contributed by atoms with E-state index in [9.17, 15) is 9.59 Å². The maximum absolute atomic E-state index is 15.1. The molecule has 2 aliphatic rings. The van der Waals surface area contributed by atoms with E-state index < -0.39 is 5.60 Å². The number of benzene rings is 2. The number of halogens is 1. The summed E-state index contributed by atoms with van der Waals surface area (Å²) in [4.78, 5) is 30.8. The van der Waals surface area contributed by atoms with Crippen LogP contribution < -0.4 is 5.32 Å². The first-order chi connectivity index (χ1) is 15.2. The van der Waals surface area contributed by atoms with Crippen LogP contribution in [0.15, 0.2) is 41.4 Å². The van der Waals surface area contributed by atoms with Gasteiger partial charge in [0.1, 0.15) is 11.4 Å². The zero-order valence-electron chi connectivity index (χ0n) is 18.6. The summed E-state index contributed by atoms with van der Waals surface area (Å²) in [5.74, 6) is -0.585. The Morgan fingerprint density at radius 3 is 2.73 bits per heavy atom. The third-order valence-electron chi connectivity index (χ3n) is 5.65. The number of carbonyl (C=O) groups is 2. The van der Waals surface area contributed by atoms with E-state index in [-0.39, 0.29) is 36.6 Å². The molecule has 0 saturated carbocycles. The molecule has 1 aromatic heterocycles. The number of hydrogen-bond acceptors (Lipinski definition) is 4. The average Bonchev–Trinajstić information content (AvgIpc) is 3.45. The van der Waals surface area contributed by atoms with Gasteiger partial charge in [-0.25, -0.2) is 9.18 Å². The highest BCUT2D eigenvalue weighted by Crippen LogP contribution is 2.46. The van der Waals surface area contributed by atoms with Crippen LogP contribution in [0.4, 0.5) is 14.9 Å². The van der Waals surface area contributed by atoms with Gasteiger partial charge in [0, 0.05) is 57.1 Å². The van der Waals surface area contributed by atoms with Crippen molar-refractivity contribution in [3.8, 4) is 11.3 Å². The highest BCUT2D eigenvalue weighted by atomic mass is 32.2. The molecule has 0 unspecified atom stereocenters. The SMILES string of the molecule is CC(C)(C)OC(=O)N1CC[C@H](Sc2cc(-c3ccc[nH]3)c3c4c(ccc(F)c24)NC3=O)C1.S. The van der Waals surface area contributed by atoms with Gasteiger partial charge >= 0.3 is 6.09 Å². The molecular formula is C24H26FN3O3S2. The quantitative estimate of drug-likeness (QED) is 0.493. The van der Waals surface area contributed by atoms with Gasteiger partial charge in [-0.05, 0) is 57.5 Å². The Hall–Kier alpha value is -2.65. The van der Waals surface area contributed by atoms with Crippen LogP contribution in [0.25, 0.3) is 22.0 Å². The first-order valence-electron chi connectivity index (χ1n) is 10.6. The normalized spacial score (nSPS) is 17.3. The number of rotatable bonds is 3. The largest absolute Gasteiger partial charge is 0.444 e. The lowest BCUT2D eigenvalue weighted by atomic mass is 9.97. The van der Waals surface area contributed by atoms with Gasteiger partial charge in [-0.2, -0.15) is 13.5 Å². The van der Waals surface area contributed by atoms with Gasteiger partial charge in [0.25, 0.3) is 5.91 Å². The van der Waals surface area contributed by atoms with Crippen LogP contribution in [0.3, 0.4) is 0 Å². The molecule has 0 aliphatic carbocycles. The fraction of sp³-hybridized carbons (Fsp3) is 0.333. The summed E-state index contributed by atoms with van der Waals surface area (Å²) in [7, 11) is 0. The Bertz CT molecular complexity index is 1240. The summed E-state index contributed by atoms with van der Waals surface area (Å²) in [5.41, 5.74) is 2.11. The van der Waals surface area contributed by atoms with E-state index in [1.54, 1.807) is 28.9 Å². The van der Waals surface area contributed by atoms with E-state index in [2.05, 4.69) is 10.3 Å². The lowest BCUT2D eigenvalue weighted by Gasteiger charge is -2.24. The second-order valence-corrected chi connectivity index (χ2v) is 10.5. The minimum Gasteiger partial charge on any atom is -0.444 e. The van der Waals surface area contributed by atoms with Crippen LogP contribution in [0.1, 0.15) is 37.6 Å². The number of H-pyrrole nitrogens is 1. The standard InChI is InChI=1S/C24H24FN3O3S.H2S/c1-24(2,3)31-23(30)28-10-8-13(12-28)32-18-11-14(16-5-4-9-26-16)19-21-17(27-22(19)29)7-6-15(25)20(18)21;/h4-7,9,11,13,26H,8,10,12H2,1-3H3,(H,27,29);1H2/t13-;/m0./s1. The molecule has 2 N–H and O–H groups in total. The second-order valence-electron chi connectivity index (χ2n) is 9.14. The van der Waals surface area contributed by atoms with E-state index in [1.165, 1.54) is 6.07 Å². The lowest BCUT2D eigenvalue weighted by molar-refractivity contribution is 0.0295. The van der Waals surface area contributed by atoms with Crippen molar-refractivity contribution in [1.82, 2.24) is 9.88 Å². The van der Waals surface area contributed by atoms with Crippen molar-refractivity contribution in [3.63, 3.8) is 0 Å². The fourth-order valence-electron chi connectivity index (χ4n) is 4.31. The average molecular weight is 488 g/mol. The number of hydrogen-bond donors (Lipinski definition) is 2. The number of ether oxygens (including phenoxy) is 1. The van der Waals surface area contributed by atoms with Crippen LogP contribution in [-0.2, 0) is 4.74 Å². The summed E-state index contributed by atoms with van der Waals surface area (Å²) in [5, 5.41) is 4.03. The van der Waals surface area contributed by atoms with Gasteiger partial charge in [-0.3, -0.25) is 4.79 Å². The van der Waals surface area contributed by atoms with Crippen molar-refractivity contribution in [3.05, 3.63) is 47.9 Å². The van der Waals surface area contributed by atoms with Crippen molar-refractivity contribution in [2.24, 2.45) is 0 Å². The predicted molar refractivity (Wildman–Crippen MR) is 134 cm³/mol. The Morgan fingerprint density at radius 1 is 1.24 bits per heavy atom. The van der Waals surface area contributed by atoms with Crippen molar-refractivity contribution < 1.29 is 18.7 Å². The monoisotopic (exact) mass is 487 g/mol. The summed E-state index contributed by atoms with van der Waals surface area (Å²) < 4.78 is 20.6. The molecule has 2 aromatic carbocycles. The molecule has 1 atom stereocenters. The van der Waals surface area contributed by atoms with E-state index in [4.69, 9.17) is 4.74 Å². The number of carbonyl (C=O) groups excluding carboxylic acids is 2. The summed E-state index contributed by atoms with van der Waals surface area (Å²) in [6.07, 6.45) is 2.26. The Balaban J connectivity index is 0.00000259. The smallest absolute Gasteiger partial charge is 0.410 e. The van der Waals surface area contributed by atoms with Gasteiger partial charge in [0.2, 0.25) is 0 Å². The highest BCUT2D eigenvalue weighted by molar-refractivity contribution is 8.00. The third kappa shape index (κ3) is 4.31. The molecule has 0 bridgehead atoms. The van der Waals surface area contributed by atoms with Crippen LogP contribution in [-0.4, -0.2) is 45.8 Å². The summed E-state index contributed by atoms with van der Waals surface area (Å²) in [6, 6.07) is 8.67. The molecule has 2 amide bonds. The van der Waals surface area contributed by atoms with Crippen LogP contribution in [0.2, 0.25) is 0 Å². The minimum atomic E-state index is -0.548. The van der Waals surface area contributed by atoms with Gasteiger partial charge < -0.3 is 19.9 Å². The fourth-order valence-corrected chi connectivity index (χ4v) is 5.65. The molecular weight excluding hydrogens is 461 g/mol. The number of likely N-dealkylation sites (tertiary alicyclic amines) is 1. The number of thioether (sulfide) groups is 1. The highest BCUT2D eigenvalue weighted by Gasteiger charge is 2.33. The zero-order valence-corrected chi connectivity index (χ0v) is 20.4. The first-order valence-corrected chi connectivity index (χ1v) is 11.5. The summed E-state index contributed by atoms with van der Waals surface area (Å²) >= 11 is 1.55. The Labute approximate surface area is 202 Å². The van der Waals surface area contributed by atoms with E-state index in [0.29, 0.717) is 35.1 Å². The molecule has 3 aromatic rings. The molecule has 3 heterocycles. The molecule has 0 spiro atoms. The molecule has 6 nitrogen and oxygen atoms in total. The molecule has 1 saturated heterocycles. The molecule has 0 radical (unpaired) electrons. The van der Waals surface area contributed by atoms with E-state index in [0.717, 1.165) is 22.6 Å². The van der Waals surface area contributed by atoms with Gasteiger partial charge in [0.05, 0.1) is 5.56 Å². The van der Waals surface area contributed by atoms with Gasteiger partial charge in [-0.15, -0.1) is 11.8 Å². The third-order valence-corrected chi connectivity index (χ3v) is 6.94. The Kier molecular flexibility index (Phi) is 6.13. The molecule has 174 valence electrons. The number of aromatic amines is 1. The topological polar surface area (TPSA) is 74.4 Å². The second kappa shape index (κ2) is 8.61. The molecule has 1 fully saturated rings. The predicted octanol–water partition coefficient (Wildman–Crippen LogP) is 5.75. The molecule has 9 heteroatoms. The number of aromatic nitrogens is 1. The maximum Gasteiger partial charge on any atom is 0.410 e. The van der Waals surface area contributed by atoms with E-state index in [1.807, 2.05) is 39.0 Å². The Morgan fingerprint density at radius 2 is 2.03 bits per heavy atom. The number of nitrogens with one attached hydrogen (secondary N) is 2. The van der Waals surface area contributed by atoms with Crippen LogP contribution in [0.5, 0.6) is 0 Å². The lowest BCUT2D eigenvalue weighted by Crippen LogP contribution is -2.35.